The van der Waals surface area contributed by atoms with E-state index in [0.717, 1.165) is 4.80 Å². The predicted molar refractivity (Wildman–Crippen MR) is 133 cm³/mol. The Morgan fingerprint density at radius 2 is 1.10 bits per heavy atom. The van der Waals surface area contributed by atoms with Gasteiger partial charge in [-0.3, -0.25) is 0 Å². The normalized spacial score (nSPS) is 12.9. The van der Waals surface area contributed by atoms with E-state index in [9.17, 15) is 0 Å². The molecule has 0 aliphatic heterocycles. The fourth-order valence-corrected chi connectivity index (χ4v) is 8.80. The summed E-state index contributed by atoms with van der Waals surface area (Å²) in [6.45, 7) is 6.77. The SMILES string of the molecule is Cn1c(C(C)(C)C)cs/c1=N/[P+](c1ccccc1)(c1ccccc1)c1ccccc1. The number of benzene rings is 3. The van der Waals surface area contributed by atoms with Gasteiger partial charge in [0.1, 0.15) is 15.9 Å². The molecule has 4 rings (SSSR count). The Hall–Kier alpha value is -2.48. The Labute approximate surface area is 184 Å². The highest BCUT2D eigenvalue weighted by Crippen LogP contribution is 2.56. The van der Waals surface area contributed by atoms with Gasteiger partial charge in [-0.15, -0.1) is 11.3 Å². The van der Waals surface area contributed by atoms with Gasteiger partial charge >= 0.3 is 0 Å². The zero-order valence-electron chi connectivity index (χ0n) is 18.0. The van der Waals surface area contributed by atoms with Crippen molar-refractivity contribution in [3.63, 3.8) is 0 Å². The van der Waals surface area contributed by atoms with Crippen LogP contribution in [0.25, 0.3) is 0 Å². The number of nitrogens with zero attached hydrogens (tertiary/aromatic N) is 2. The van der Waals surface area contributed by atoms with E-state index in [0.29, 0.717) is 0 Å². The minimum absolute atomic E-state index is 0.0758. The molecule has 30 heavy (non-hydrogen) atoms. The molecule has 0 aliphatic rings. The van der Waals surface area contributed by atoms with Gasteiger partial charge in [-0.25, -0.2) is 0 Å². The predicted octanol–water partition coefficient (Wildman–Crippen LogP) is 5.19. The first-order chi connectivity index (χ1) is 14.4. The highest BCUT2D eigenvalue weighted by molar-refractivity contribution is 7.94. The number of hydrogen-bond acceptors (Lipinski definition) is 2. The van der Waals surface area contributed by atoms with Crippen LogP contribution >= 0.6 is 18.7 Å². The van der Waals surface area contributed by atoms with Crippen LogP contribution in [0.5, 0.6) is 0 Å². The Balaban J connectivity index is 2.11. The molecular formula is C26H28N2PS+. The molecule has 0 unspecified atom stereocenters. The van der Waals surface area contributed by atoms with Crippen molar-refractivity contribution in [1.29, 1.82) is 0 Å². The molecule has 1 aromatic heterocycles. The lowest BCUT2D eigenvalue weighted by atomic mass is 9.93. The van der Waals surface area contributed by atoms with Crippen LogP contribution in [0, 0.1) is 0 Å². The maximum Gasteiger partial charge on any atom is 0.233 e. The van der Waals surface area contributed by atoms with Crippen LogP contribution in [0.4, 0.5) is 0 Å². The molecule has 0 atom stereocenters. The molecule has 0 spiro atoms. The monoisotopic (exact) mass is 431 g/mol. The van der Waals surface area contributed by atoms with Crippen molar-refractivity contribution >= 4 is 34.7 Å². The fourth-order valence-electron chi connectivity index (χ4n) is 3.82. The lowest BCUT2D eigenvalue weighted by Crippen LogP contribution is -2.32. The molecule has 0 radical (unpaired) electrons. The van der Waals surface area contributed by atoms with E-state index in [1.54, 1.807) is 11.3 Å². The number of aromatic nitrogens is 1. The third kappa shape index (κ3) is 3.80. The molecule has 4 aromatic rings. The largest absolute Gasteiger partial charge is 0.321 e. The van der Waals surface area contributed by atoms with Gasteiger partial charge in [0, 0.05) is 23.5 Å². The van der Waals surface area contributed by atoms with Crippen LogP contribution in [-0.4, -0.2) is 4.57 Å². The summed E-state index contributed by atoms with van der Waals surface area (Å²) in [5, 5.41) is 6.07. The highest BCUT2D eigenvalue weighted by atomic mass is 32.1. The van der Waals surface area contributed by atoms with Crippen molar-refractivity contribution in [2.24, 2.45) is 11.8 Å². The van der Waals surface area contributed by atoms with Gasteiger partial charge in [-0.05, 0) is 36.4 Å². The minimum Gasteiger partial charge on any atom is -0.321 e. The van der Waals surface area contributed by atoms with Crippen molar-refractivity contribution in [3.05, 3.63) is 107 Å². The molecular weight excluding hydrogens is 403 g/mol. The molecule has 152 valence electrons. The van der Waals surface area contributed by atoms with Gasteiger partial charge in [-0.1, -0.05) is 80.1 Å². The van der Waals surface area contributed by atoms with Crippen LogP contribution in [0.1, 0.15) is 26.5 Å². The second kappa shape index (κ2) is 8.34. The van der Waals surface area contributed by atoms with E-state index < -0.39 is 7.41 Å². The minimum atomic E-state index is -2.23. The standard InChI is InChI=1S/C26H28N2PS/c1-26(2,3)24-20-30-25(28(24)4)27-29(21-14-8-5-9-15-21,22-16-10-6-11-17-22)23-18-12-7-13-19-23/h5-20H,1-4H3/q+1/b27-25+. The summed E-state index contributed by atoms with van der Waals surface area (Å²) in [5.41, 5.74) is 1.38. The summed E-state index contributed by atoms with van der Waals surface area (Å²) in [5.74, 6) is 0. The summed E-state index contributed by atoms with van der Waals surface area (Å²) in [7, 11) is -0.0821. The average molecular weight is 432 g/mol. The van der Waals surface area contributed by atoms with Crippen molar-refractivity contribution in [2.75, 3.05) is 0 Å². The molecule has 0 saturated carbocycles. The van der Waals surface area contributed by atoms with Crippen molar-refractivity contribution in [1.82, 2.24) is 4.57 Å². The molecule has 0 aliphatic carbocycles. The summed E-state index contributed by atoms with van der Waals surface area (Å²) >= 11 is 1.74. The molecule has 2 nitrogen and oxygen atoms in total. The second-order valence-electron chi connectivity index (χ2n) is 8.45. The number of rotatable bonds is 4. The van der Waals surface area contributed by atoms with Crippen LogP contribution in [0.3, 0.4) is 0 Å². The molecule has 0 saturated heterocycles. The molecule has 4 heteroatoms. The maximum absolute atomic E-state index is 5.63. The third-order valence-corrected chi connectivity index (χ3v) is 10.00. The second-order valence-corrected chi connectivity index (χ2v) is 12.3. The van der Waals surface area contributed by atoms with Crippen LogP contribution in [-0.2, 0) is 12.5 Å². The summed E-state index contributed by atoms with van der Waals surface area (Å²) < 4.78 is 7.90. The van der Waals surface area contributed by atoms with Crippen LogP contribution in [0.2, 0.25) is 0 Å². The Kier molecular flexibility index (Phi) is 5.77. The van der Waals surface area contributed by atoms with Gasteiger partial charge in [0.15, 0.2) is 0 Å². The summed E-state index contributed by atoms with van der Waals surface area (Å²) in [6.07, 6.45) is 0. The quantitative estimate of drug-likeness (QED) is 0.396. The summed E-state index contributed by atoms with van der Waals surface area (Å²) in [6, 6.07) is 32.4. The number of hydrogen-bond donors (Lipinski definition) is 0. The van der Waals surface area contributed by atoms with Crippen molar-refractivity contribution in [3.8, 4) is 0 Å². The molecule has 0 amide bonds. The first-order valence-electron chi connectivity index (χ1n) is 10.2. The van der Waals surface area contributed by atoms with E-state index >= 15 is 0 Å². The van der Waals surface area contributed by atoms with Gasteiger partial charge < -0.3 is 4.57 Å². The van der Waals surface area contributed by atoms with Crippen molar-refractivity contribution in [2.45, 2.75) is 26.2 Å². The van der Waals surface area contributed by atoms with E-state index in [2.05, 4.69) is 129 Å². The Morgan fingerprint density at radius 1 is 0.700 bits per heavy atom. The molecule has 0 N–H and O–H groups in total. The molecule has 0 fully saturated rings. The van der Waals surface area contributed by atoms with E-state index in [1.165, 1.54) is 21.6 Å². The van der Waals surface area contributed by atoms with Gasteiger partial charge in [0.25, 0.3) is 0 Å². The lowest BCUT2D eigenvalue weighted by Gasteiger charge is -2.22. The first kappa shape index (κ1) is 20.8. The van der Waals surface area contributed by atoms with Crippen LogP contribution < -0.4 is 20.7 Å². The topological polar surface area (TPSA) is 17.3 Å². The fraction of sp³-hybridized carbons (Fsp3) is 0.192. The van der Waals surface area contributed by atoms with Gasteiger partial charge in [-0.2, -0.15) is 0 Å². The van der Waals surface area contributed by atoms with E-state index in [1.807, 2.05) is 0 Å². The smallest absolute Gasteiger partial charge is 0.233 e. The number of thiazole rings is 1. The molecule has 3 aromatic carbocycles. The Morgan fingerprint density at radius 3 is 1.43 bits per heavy atom. The van der Waals surface area contributed by atoms with Gasteiger partial charge in [0.2, 0.25) is 12.2 Å². The zero-order chi connectivity index (χ0) is 21.2. The first-order valence-corrected chi connectivity index (χ1v) is 12.8. The zero-order valence-corrected chi connectivity index (χ0v) is 19.7. The van der Waals surface area contributed by atoms with Gasteiger partial charge in [0.05, 0.1) is 0 Å². The van der Waals surface area contributed by atoms with E-state index in [4.69, 9.17) is 4.76 Å². The summed E-state index contributed by atoms with van der Waals surface area (Å²) in [4.78, 5) is 1.06. The molecule has 0 bridgehead atoms. The third-order valence-electron chi connectivity index (χ3n) is 5.32. The van der Waals surface area contributed by atoms with Crippen LogP contribution in [0.15, 0.2) is 101 Å². The highest BCUT2D eigenvalue weighted by Gasteiger charge is 2.46. The lowest BCUT2D eigenvalue weighted by molar-refractivity contribution is 0.538. The van der Waals surface area contributed by atoms with E-state index in [-0.39, 0.29) is 5.41 Å². The maximum atomic E-state index is 5.63. The average Bonchev–Trinajstić information content (AvgIpc) is 3.14. The molecule has 1 heterocycles. The van der Waals surface area contributed by atoms with Crippen molar-refractivity contribution < 1.29 is 0 Å². The Bertz CT molecular complexity index is 1070.